The summed E-state index contributed by atoms with van der Waals surface area (Å²) in [5.74, 6) is 5.73. The zero-order chi connectivity index (χ0) is 24.2. The zero-order valence-electron chi connectivity index (χ0n) is 20.7. The maximum absolute atomic E-state index is 5.90. The molecule has 3 heterocycles. The molecule has 36 heavy (non-hydrogen) atoms. The molecule has 4 aliphatic rings. The van der Waals surface area contributed by atoms with Crippen LogP contribution in [0.15, 0.2) is 60.8 Å². The molecule has 7 atom stereocenters. The van der Waals surface area contributed by atoms with E-state index in [0.717, 1.165) is 46.2 Å². The van der Waals surface area contributed by atoms with E-state index in [0.29, 0.717) is 18.1 Å². The maximum Gasteiger partial charge on any atom is 0.123 e. The molecule has 5 nitrogen and oxygen atoms in total. The van der Waals surface area contributed by atoms with Gasteiger partial charge in [0.2, 0.25) is 0 Å². The van der Waals surface area contributed by atoms with Gasteiger partial charge in [-0.3, -0.25) is 0 Å². The number of terminal acetylenes is 1. The fourth-order valence-corrected chi connectivity index (χ4v) is 6.25. The third kappa shape index (κ3) is 4.05. The van der Waals surface area contributed by atoms with Gasteiger partial charge in [0.25, 0.3) is 0 Å². The van der Waals surface area contributed by atoms with E-state index < -0.39 is 0 Å². The van der Waals surface area contributed by atoms with E-state index in [1.165, 1.54) is 36.8 Å². The predicted molar refractivity (Wildman–Crippen MR) is 145 cm³/mol. The van der Waals surface area contributed by atoms with E-state index in [9.17, 15) is 0 Å². The molecule has 0 spiro atoms. The van der Waals surface area contributed by atoms with Gasteiger partial charge in [0.05, 0.1) is 17.9 Å². The number of nitrogens with one attached hydrogen (secondary N) is 4. The smallest absolute Gasteiger partial charge is 0.123 e. The second kappa shape index (κ2) is 8.65. The molecule has 2 aliphatic carbocycles. The Morgan fingerprint density at radius 2 is 1.61 bits per heavy atom. The molecule has 3 aromatic rings. The third-order valence-corrected chi connectivity index (χ3v) is 8.62. The van der Waals surface area contributed by atoms with Crippen LogP contribution in [0.5, 0.6) is 0 Å². The minimum Gasteiger partial charge on any atom is -0.370 e. The van der Waals surface area contributed by atoms with Crippen molar-refractivity contribution in [3.8, 4) is 34.7 Å². The molecule has 5 heteroatoms. The number of imidazole rings is 1. The lowest BCUT2D eigenvalue weighted by molar-refractivity contribution is 0.474. The van der Waals surface area contributed by atoms with E-state index in [-0.39, 0.29) is 6.04 Å². The summed E-state index contributed by atoms with van der Waals surface area (Å²) in [6.45, 7) is 2.06. The number of nitrogens with zero attached hydrogens (tertiary/aromatic N) is 1. The van der Waals surface area contributed by atoms with E-state index in [2.05, 4.69) is 93.4 Å². The van der Waals surface area contributed by atoms with Crippen molar-refractivity contribution in [3.63, 3.8) is 0 Å². The molecule has 182 valence electrons. The molecule has 4 N–H and O–H groups in total. The topological polar surface area (TPSA) is 64.8 Å². The lowest BCUT2D eigenvalue weighted by atomic mass is 10.00. The van der Waals surface area contributed by atoms with Crippen molar-refractivity contribution in [3.05, 3.63) is 72.2 Å². The van der Waals surface area contributed by atoms with Crippen LogP contribution in [0.25, 0.3) is 28.1 Å². The molecule has 4 fully saturated rings. The Morgan fingerprint density at radius 3 is 2.22 bits per heavy atom. The quantitative estimate of drug-likeness (QED) is 0.368. The molecular weight excluding hydrogens is 442 g/mol. The van der Waals surface area contributed by atoms with Crippen LogP contribution in [-0.4, -0.2) is 34.1 Å². The molecule has 1 aromatic heterocycles. The number of benzene rings is 2. The predicted octanol–water partition coefficient (Wildman–Crippen LogP) is 4.87. The van der Waals surface area contributed by atoms with Gasteiger partial charge in [-0.15, -0.1) is 6.42 Å². The summed E-state index contributed by atoms with van der Waals surface area (Å²) >= 11 is 0. The first-order valence-electron chi connectivity index (χ1n) is 13.4. The van der Waals surface area contributed by atoms with Crippen LogP contribution >= 0.6 is 0 Å². The van der Waals surface area contributed by atoms with Crippen LogP contribution in [0, 0.1) is 24.2 Å². The van der Waals surface area contributed by atoms with Gasteiger partial charge in [-0.05, 0) is 66.7 Å². The third-order valence-electron chi connectivity index (χ3n) is 8.62. The van der Waals surface area contributed by atoms with Crippen LogP contribution in [0.4, 0.5) is 0 Å². The van der Waals surface area contributed by atoms with Gasteiger partial charge in [0.15, 0.2) is 0 Å². The first-order valence-corrected chi connectivity index (χ1v) is 13.4. The first-order chi connectivity index (χ1) is 17.7. The molecular formula is C31H33N5. The van der Waals surface area contributed by atoms with Gasteiger partial charge in [-0.2, -0.15) is 0 Å². The Kier molecular flexibility index (Phi) is 5.27. The molecule has 2 aromatic carbocycles. The van der Waals surface area contributed by atoms with Crippen molar-refractivity contribution < 1.29 is 0 Å². The minimum absolute atomic E-state index is 0.00866. The number of rotatable bonds is 7. The van der Waals surface area contributed by atoms with E-state index >= 15 is 0 Å². The normalized spacial score (nSPS) is 30.8. The number of hydrogen-bond acceptors (Lipinski definition) is 4. The van der Waals surface area contributed by atoms with E-state index in [1.54, 1.807) is 0 Å². The standard InChI is InChI=1S/C31H33N5/c1-3-24(33-25(4-2)28-15-22-13-26(22)34-28)20-9-5-18(6-10-20)19-7-11-21(12-8-19)30-17-32-31(36-30)29-16-23-14-27(23)35-29/h2-3,5-12,17,22-23,25-29,33-35H,13-16H2,1H3,(H,32,36)/b24-3-/t22-,23-,25?,26-,27-,28+,29+/m1/s1. The summed E-state index contributed by atoms with van der Waals surface area (Å²) in [4.78, 5) is 8.19. The van der Waals surface area contributed by atoms with Gasteiger partial charge in [0, 0.05) is 23.8 Å². The lowest BCUT2D eigenvalue weighted by Gasteiger charge is -2.24. The molecule has 0 amide bonds. The lowest BCUT2D eigenvalue weighted by Crippen LogP contribution is -2.44. The number of aromatic amines is 1. The van der Waals surface area contributed by atoms with Crippen molar-refractivity contribution in [2.75, 3.05) is 0 Å². The van der Waals surface area contributed by atoms with E-state index in [1.807, 2.05) is 6.20 Å². The highest BCUT2D eigenvalue weighted by atomic mass is 15.1. The average molecular weight is 476 g/mol. The average Bonchev–Trinajstić information content (AvgIpc) is 3.61. The molecule has 1 unspecified atom stereocenters. The van der Waals surface area contributed by atoms with Crippen molar-refractivity contribution in [2.45, 2.75) is 62.8 Å². The number of aromatic nitrogens is 2. The van der Waals surface area contributed by atoms with Gasteiger partial charge in [-0.1, -0.05) is 60.5 Å². The monoisotopic (exact) mass is 475 g/mol. The van der Waals surface area contributed by atoms with Crippen LogP contribution < -0.4 is 16.0 Å². The fourth-order valence-electron chi connectivity index (χ4n) is 6.25. The maximum atomic E-state index is 5.90. The van der Waals surface area contributed by atoms with Crippen molar-refractivity contribution in [1.29, 1.82) is 0 Å². The van der Waals surface area contributed by atoms with Crippen molar-refractivity contribution in [2.24, 2.45) is 11.8 Å². The molecule has 0 radical (unpaired) electrons. The van der Waals surface area contributed by atoms with Gasteiger partial charge in [-0.25, -0.2) is 4.98 Å². The second-order valence-electron chi connectivity index (χ2n) is 11.0. The number of H-pyrrole nitrogens is 1. The minimum atomic E-state index is 0.00866. The Labute approximate surface area is 213 Å². The summed E-state index contributed by atoms with van der Waals surface area (Å²) in [7, 11) is 0. The molecule has 2 saturated carbocycles. The highest BCUT2D eigenvalue weighted by Gasteiger charge is 2.48. The highest BCUT2D eigenvalue weighted by molar-refractivity contribution is 5.72. The highest BCUT2D eigenvalue weighted by Crippen LogP contribution is 2.45. The summed E-state index contributed by atoms with van der Waals surface area (Å²) in [5.41, 5.74) is 6.89. The van der Waals surface area contributed by atoms with Crippen LogP contribution in [0.1, 0.15) is 50.0 Å². The Hall–Kier alpha value is -3.33. The van der Waals surface area contributed by atoms with Crippen LogP contribution in [-0.2, 0) is 0 Å². The zero-order valence-corrected chi connectivity index (χ0v) is 20.7. The Morgan fingerprint density at radius 1 is 0.944 bits per heavy atom. The molecule has 0 bridgehead atoms. The molecule has 7 rings (SSSR count). The Bertz CT molecular complexity index is 1310. The number of fused-ring (bicyclic) bond motifs is 2. The summed E-state index contributed by atoms with van der Waals surface area (Å²) in [5, 5.41) is 11.0. The number of piperidine rings is 2. The largest absolute Gasteiger partial charge is 0.370 e. The summed E-state index contributed by atoms with van der Waals surface area (Å²) < 4.78 is 0. The summed E-state index contributed by atoms with van der Waals surface area (Å²) in [6.07, 6.45) is 15.0. The second-order valence-corrected chi connectivity index (χ2v) is 11.0. The van der Waals surface area contributed by atoms with Crippen molar-refractivity contribution >= 4 is 5.70 Å². The van der Waals surface area contributed by atoms with Crippen LogP contribution in [0.2, 0.25) is 0 Å². The van der Waals surface area contributed by atoms with Gasteiger partial charge < -0.3 is 20.9 Å². The number of allylic oxidation sites excluding steroid dienone is 1. The van der Waals surface area contributed by atoms with Gasteiger partial charge >= 0.3 is 0 Å². The summed E-state index contributed by atoms with van der Waals surface area (Å²) in [6, 6.07) is 19.6. The first kappa shape index (κ1) is 21.9. The SMILES string of the molecule is C#CC(N/C(=C\C)c1ccc(-c2ccc(-c3cnc([C@@H]4C[C@H]5C[C@H]5N4)[nH]3)cc2)cc1)[C@@H]1C[C@H]2C[C@H]2N1. The van der Waals surface area contributed by atoms with Crippen molar-refractivity contribution in [1.82, 2.24) is 25.9 Å². The fraction of sp³-hybridized carbons (Fsp3) is 0.387. The molecule has 2 saturated heterocycles. The van der Waals surface area contributed by atoms with E-state index in [4.69, 9.17) is 6.42 Å². The van der Waals surface area contributed by atoms with Gasteiger partial charge in [0.1, 0.15) is 11.9 Å². The number of hydrogen-bond donors (Lipinski definition) is 4. The van der Waals surface area contributed by atoms with Crippen LogP contribution in [0.3, 0.4) is 0 Å². The molecule has 2 aliphatic heterocycles. The Balaban J connectivity index is 1.02.